The molecule has 3 heteroatoms. The minimum atomic E-state index is 0.560. The zero-order valence-electron chi connectivity index (χ0n) is 11.1. The predicted octanol–water partition coefficient (Wildman–Crippen LogP) is 5.73. The van der Waals surface area contributed by atoms with Crippen molar-refractivity contribution >= 4 is 28.9 Å². The molecule has 0 saturated carbocycles. The van der Waals surface area contributed by atoms with Gasteiger partial charge in [-0.25, -0.2) is 0 Å². The molecule has 19 heavy (non-hydrogen) atoms. The molecule has 0 aliphatic rings. The Kier molecular flexibility index (Phi) is 4.73. The molecule has 2 aromatic carbocycles. The molecule has 0 aliphatic carbocycles. The Morgan fingerprint density at radius 2 is 1.68 bits per heavy atom. The van der Waals surface area contributed by atoms with Crippen molar-refractivity contribution in [2.24, 2.45) is 0 Å². The molecule has 100 valence electrons. The van der Waals surface area contributed by atoms with E-state index in [1.165, 1.54) is 11.1 Å². The summed E-state index contributed by atoms with van der Waals surface area (Å²) in [6, 6.07) is 14.0. The number of halogens is 2. The minimum absolute atomic E-state index is 0.560. The number of hydrogen-bond acceptors (Lipinski definition) is 1. The number of nitrogens with one attached hydrogen (secondary N) is 1. The maximum atomic E-state index is 6.11. The maximum absolute atomic E-state index is 6.11. The Balaban J connectivity index is 2.04. The van der Waals surface area contributed by atoms with Gasteiger partial charge in [0, 0.05) is 11.6 Å². The molecule has 0 saturated heterocycles. The average Bonchev–Trinajstić information content (AvgIpc) is 2.40. The van der Waals surface area contributed by atoms with E-state index in [4.69, 9.17) is 23.2 Å². The lowest BCUT2D eigenvalue weighted by molar-refractivity contribution is 0.865. The van der Waals surface area contributed by atoms with Crippen LogP contribution in [0.5, 0.6) is 0 Å². The van der Waals surface area contributed by atoms with E-state index >= 15 is 0 Å². The van der Waals surface area contributed by atoms with Crippen LogP contribution in [0.3, 0.4) is 0 Å². The third-order valence-electron chi connectivity index (χ3n) is 3.06. The molecule has 0 bridgehead atoms. The summed E-state index contributed by atoms with van der Waals surface area (Å²) < 4.78 is 0. The van der Waals surface area contributed by atoms with Gasteiger partial charge in [-0.2, -0.15) is 0 Å². The predicted molar refractivity (Wildman–Crippen MR) is 84.3 cm³/mol. The first-order chi connectivity index (χ1) is 9.06. The van der Waals surface area contributed by atoms with Crippen LogP contribution in [0.1, 0.15) is 30.9 Å². The van der Waals surface area contributed by atoms with E-state index in [9.17, 15) is 0 Å². The summed E-state index contributed by atoms with van der Waals surface area (Å²) in [6.45, 7) is 5.12. The first-order valence-corrected chi connectivity index (χ1v) is 7.09. The lowest BCUT2D eigenvalue weighted by Gasteiger charge is -2.10. The van der Waals surface area contributed by atoms with Gasteiger partial charge in [0.1, 0.15) is 0 Å². The van der Waals surface area contributed by atoms with Crippen molar-refractivity contribution in [3.8, 4) is 0 Å². The van der Waals surface area contributed by atoms with E-state index in [0.29, 0.717) is 16.0 Å². The fourth-order valence-electron chi connectivity index (χ4n) is 1.85. The SMILES string of the molecule is CC(C)c1ccc(CNc2cc(Cl)ccc2Cl)cc1. The molecule has 1 nitrogen and oxygen atoms in total. The molecule has 0 radical (unpaired) electrons. The van der Waals surface area contributed by atoms with Crippen molar-refractivity contribution in [2.75, 3.05) is 5.32 Å². The van der Waals surface area contributed by atoms with Crippen LogP contribution in [-0.2, 0) is 6.54 Å². The second-order valence-corrected chi connectivity index (χ2v) is 5.72. The number of anilines is 1. The lowest BCUT2D eigenvalue weighted by Crippen LogP contribution is -2.00. The molecule has 2 rings (SSSR count). The van der Waals surface area contributed by atoms with E-state index in [1.807, 2.05) is 6.07 Å². The number of hydrogen-bond donors (Lipinski definition) is 1. The van der Waals surface area contributed by atoms with E-state index < -0.39 is 0 Å². The molecular formula is C16H17Cl2N. The Hall–Kier alpha value is -1.18. The molecule has 2 aromatic rings. The smallest absolute Gasteiger partial charge is 0.0638 e. The van der Waals surface area contributed by atoms with Crippen molar-refractivity contribution < 1.29 is 0 Å². The topological polar surface area (TPSA) is 12.0 Å². The van der Waals surface area contributed by atoms with Crippen LogP contribution in [0.25, 0.3) is 0 Å². The first kappa shape index (κ1) is 14.2. The quantitative estimate of drug-likeness (QED) is 0.759. The van der Waals surface area contributed by atoms with Gasteiger partial charge in [-0.15, -0.1) is 0 Å². The summed E-state index contributed by atoms with van der Waals surface area (Å²) >= 11 is 12.1. The Labute approximate surface area is 124 Å². The van der Waals surface area contributed by atoms with E-state index in [0.717, 1.165) is 12.2 Å². The molecule has 0 aliphatic heterocycles. The van der Waals surface area contributed by atoms with Gasteiger partial charge in [-0.3, -0.25) is 0 Å². The monoisotopic (exact) mass is 293 g/mol. The van der Waals surface area contributed by atoms with Crippen molar-refractivity contribution in [3.05, 3.63) is 63.6 Å². The van der Waals surface area contributed by atoms with Gasteiger partial charge in [0.25, 0.3) is 0 Å². The van der Waals surface area contributed by atoms with E-state index in [1.54, 1.807) is 12.1 Å². The Morgan fingerprint density at radius 3 is 2.32 bits per heavy atom. The molecule has 0 heterocycles. The van der Waals surface area contributed by atoms with Gasteiger partial charge < -0.3 is 5.32 Å². The van der Waals surface area contributed by atoms with E-state index in [2.05, 4.69) is 43.4 Å². The van der Waals surface area contributed by atoms with Gasteiger partial charge in [0.15, 0.2) is 0 Å². The van der Waals surface area contributed by atoms with E-state index in [-0.39, 0.29) is 0 Å². The third-order valence-corrected chi connectivity index (χ3v) is 3.62. The minimum Gasteiger partial charge on any atom is -0.380 e. The van der Waals surface area contributed by atoms with Crippen molar-refractivity contribution in [1.29, 1.82) is 0 Å². The molecule has 0 fully saturated rings. The maximum Gasteiger partial charge on any atom is 0.0638 e. The highest BCUT2D eigenvalue weighted by Gasteiger charge is 2.02. The standard InChI is InChI=1S/C16H17Cl2N/c1-11(2)13-5-3-12(4-6-13)10-19-16-9-14(17)7-8-15(16)18/h3-9,11,19H,10H2,1-2H3. The zero-order valence-corrected chi connectivity index (χ0v) is 12.6. The van der Waals surface area contributed by atoms with Gasteiger partial charge in [0.05, 0.1) is 10.7 Å². The molecule has 0 amide bonds. The summed E-state index contributed by atoms with van der Waals surface area (Å²) in [5.74, 6) is 0.560. The Bertz CT molecular complexity index is 547. The molecule has 0 unspecified atom stereocenters. The van der Waals surface area contributed by atoms with Gasteiger partial charge >= 0.3 is 0 Å². The van der Waals surface area contributed by atoms with Crippen LogP contribution in [0.2, 0.25) is 10.0 Å². The van der Waals surface area contributed by atoms with Crippen LogP contribution in [0.15, 0.2) is 42.5 Å². The first-order valence-electron chi connectivity index (χ1n) is 6.34. The van der Waals surface area contributed by atoms with Crippen LogP contribution in [0.4, 0.5) is 5.69 Å². The highest BCUT2D eigenvalue weighted by molar-refractivity contribution is 6.35. The zero-order chi connectivity index (χ0) is 13.8. The summed E-state index contributed by atoms with van der Waals surface area (Å²) in [5, 5.41) is 4.67. The highest BCUT2D eigenvalue weighted by atomic mass is 35.5. The summed E-state index contributed by atoms with van der Waals surface area (Å²) in [6.07, 6.45) is 0. The summed E-state index contributed by atoms with van der Waals surface area (Å²) in [4.78, 5) is 0. The second-order valence-electron chi connectivity index (χ2n) is 4.87. The number of benzene rings is 2. The molecular weight excluding hydrogens is 277 g/mol. The van der Waals surface area contributed by atoms with Crippen LogP contribution < -0.4 is 5.32 Å². The van der Waals surface area contributed by atoms with Crippen LogP contribution in [0, 0.1) is 0 Å². The molecule has 0 aromatic heterocycles. The van der Waals surface area contributed by atoms with Crippen LogP contribution >= 0.6 is 23.2 Å². The number of rotatable bonds is 4. The average molecular weight is 294 g/mol. The van der Waals surface area contributed by atoms with Crippen molar-refractivity contribution in [2.45, 2.75) is 26.3 Å². The third kappa shape index (κ3) is 3.89. The fourth-order valence-corrected chi connectivity index (χ4v) is 2.21. The molecule has 0 atom stereocenters. The van der Waals surface area contributed by atoms with Gasteiger partial charge in [-0.05, 0) is 35.2 Å². The van der Waals surface area contributed by atoms with Gasteiger partial charge in [0.2, 0.25) is 0 Å². The largest absolute Gasteiger partial charge is 0.380 e. The van der Waals surface area contributed by atoms with Crippen LogP contribution in [-0.4, -0.2) is 0 Å². The highest BCUT2D eigenvalue weighted by Crippen LogP contribution is 2.26. The normalized spacial score (nSPS) is 10.8. The summed E-state index contributed by atoms with van der Waals surface area (Å²) in [5.41, 5.74) is 3.44. The second kappa shape index (κ2) is 6.31. The fraction of sp³-hybridized carbons (Fsp3) is 0.250. The van der Waals surface area contributed by atoms with Gasteiger partial charge in [-0.1, -0.05) is 61.3 Å². The Morgan fingerprint density at radius 1 is 1.00 bits per heavy atom. The summed E-state index contributed by atoms with van der Waals surface area (Å²) in [7, 11) is 0. The lowest BCUT2D eigenvalue weighted by atomic mass is 10.0. The van der Waals surface area contributed by atoms with Crippen molar-refractivity contribution in [1.82, 2.24) is 0 Å². The van der Waals surface area contributed by atoms with Crippen molar-refractivity contribution in [3.63, 3.8) is 0 Å². The molecule has 1 N–H and O–H groups in total. The molecule has 0 spiro atoms.